The number of benzene rings is 1. The maximum absolute atomic E-state index is 11.5. The second-order valence-corrected chi connectivity index (χ2v) is 6.71. The van der Waals surface area contributed by atoms with Gasteiger partial charge in [-0.15, -0.1) is 0 Å². The van der Waals surface area contributed by atoms with Gasteiger partial charge in [0.05, 0.1) is 0 Å². The van der Waals surface area contributed by atoms with Crippen molar-refractivity contribution in [3.63, 3.8) is 0 Å². The summed E-state index contributed by atoms with van der Waals surface area (Å²) in [6.07, 6.45) is 0. The van der Waals surface area contributed by atoms with E-state index in [9.17, 15) is 9.90 Å². The van der Waals surface area contributed by atoms with Crippen molar-refractivity contribution in [1.82, 2.24) is 0 Å². The van der Waals surface area contributed by atoms with Crippen molar-refractivity contribution in [2.45, 2.75) is 0 Å². The van der Waals surface area contributed by atoms with E-state index < -0.39 is 25.3 Å². The molecule has 1 aromatic heterocycles. The molecule has 0 N–H and O–H groups in total. The van der Waals surface area contributed by atoms with Gasteiger partial charge in [0, 0.05) is 32.3 Å². The molecule has 0 saturated carbocycles. The maximum Gasteiger partial charge on any atom is 0.454 e. The van der Waals surface area contributed by atoms with Gasteiger partial charge in [-0.2, -0.15) is 8.42 Å². The lowest BCUT2D eigenvalue weighted by Crippen LogP contribution is -2.04. The second kappa shape index (κ2) is 5.88. The summed E-state index contributed by atoms with van der Waals surface area (Å²) in [6.45, 7) is 0. The number of rotatable bonds is 0. The number of para-hydroxylation sites is 1. The quantitative estimate of drug-likeness (QED) is 0.541. The van der Waals surface area contributed by atoms with Gasteiger partial charge in [-0.25, -0.2) is 0 Å². The first-order chi connectivity index (χ1) is 8.74. The van der Waals surface area contributed by atoms with E-state index in [0.717, 1.165) is 0 Å². The van der Waals surface area contributed by atoms with E-state index in [0.29, 0.717) is 0 Å². The van der Waals surface area contributed by atoms with Gasteiger partial charge in [-0.1, -0.05) is 12.1 Å². The molecule has 0 saturated heterocycles. The van der Waals surface area contributed by atoms with Crippen LogP contribution in [0.4, 0.5) is 5.69 Å². The Hall–Kier alpha value is -1.82. The molecule has 2 rings (SSSR count). The van der Waals surface area contributed by atoms with E-state index in [2.05, 4.69) is 26.3 Å². The van der Waals surface area contributed by atoms with Crippen molar-refractivity contribution in [2.75, 3.05) is 0 Å². The van der Waals surface area contributed by atoms with E-state index in [4.69, 9.17) is 18.2 Å². The fourth-order valence-corrected chi connectivity index (χ4v) is 1.20. The Kier molecular flexibility index (Phi) is 4.72. The molecule has 19 heavy (non-hydrogen) atoms. The number of diazo groups is 1. The van der Waals surface area contributed by atoms with Crippen LogP contribution in [0.1, 0.15) is 0 Å². The van der Waals surface area contributed by atoms with Crippen molar-refractivity contribution < 1.29 is 17.9 Å². The zero-order valence-electron chi connectivity index (χ0n) is 8.91. The van der Waals surface area contributed by atoms with Gasteiger partial charge < -0.3 is 9.52 Å². The van der Waals surface area contributed by atoms with Crippen LogP contribution < -0.4 is 10.5 Å². The van der Waals surface area contributed by atoms with Crippen molar-refractivity contribution in [1.29, 1.82) is 5.39 Å². The van der Waals surface area contributed by atoms with Crippen LogP contribution in [0.5, 0.6) is 5.95 Å². The molecule has 0 fully saturated rings. The number of nitrogens with zero attached hydrogens (tertiary/aromatic N) is 2. The molecule has 0 unspecified atom stereocenters. The summed E-state index contributed by atoms with van der Waals surface area (Å²) >= 11 is 0. The van der Waals surface area contributed by atoms with Gasteiger partial charge in [0.2, 0.25) is 5.39 Å². The average Bonchev–Trinajstić information content (AvgIpc) is 2.27. The van der Waals surface area contributed by atoms with E-state index in [1.54, 1.807) is 12.1 Å². The second-order valence-electron chi connectivity index (χ2n) is 3.04. The lowest BCUT2D eigenvalue weighted by Gasteiger charge is -2.02. The minimum atomic E-state index is -3.72. The minimum absolute atomic E-state index is 0.190. The summed E-state index contributed by atoms with van der Waals surface area (Å²) in [5.41, 5.74) is -1.03. The summed E-state index contributed by atoms with van der Waals surface area (Å²) in [4.78, 5) is 14.1. The molecule has 0 radical (unpaired) electrons. The Morgan fingerprint density at radius 1 is 1.26 bits per heavy atom. The fourth-order valence-electron chi connectivity index (χ4n) is 1.20. The monoisotopic (exact) mass is 322 g/mol. The first-order valence-electron chi connectivity index (χ1n) is 4.46. The molecule has 1 heterocycles. The molecule has 0 atom stereocenters. The predicted molar refractivity (Wildman–Crippen MR) is 67.3 cm³/mol. The van der Waals surface area contributed by atoms with Crippen molar-refractivity contribution in [3.05, 3.63) is 39.5 Å². The highest BCUT2D eigenvalue weighted by atomic mass is 36.0. The highest BCUT2D eigenvalue weighted by molar-refractivity contribution is 8.31. The summed E-state index contributed by atoms with van der Waals surface area (Å²) in [5.74, 6) is -0.934. The smallest absolute Gasteiger partial charge is 0.454 e. The number of halogens is 2. The highest BCUT2D eigenvalue weighted by Gasteiger charge is 2.17. The van der Waals surface area contributed by atoms with Crippen LogP contribution in [0.25, 0.3) is 15.9 Å². The first kappa shape index (κ1) is 15.2. The van der Waals surface area contributed by atoms with Gasteiger partial charge in [-0.3, -0.25) is 4.79 Å². The Morgan fingerprint density at radius 3 is 2.32 bits per heavy atom. The number of fused-ring (bicyclic) bond motifs is 1. The van der Waals surface area contributed by atoms with E-state index in [1.807, 2.05) is 0 Å². The molecule has 0 aliphatic rings. The lowest BCUT2D eigenvalue weighted by molar-refractivity contribution is -0.292. The van der Waals surface area contributed by atoms with E-state index >= 15 is 0 Å². The molecule has 7 nitrogen and oxygen atoms in total. The standard InChI is InChI=1S/C9H4N2O3.Cl2O2S/c10-11-7-8(12)5-3-1-2-4-6(5)14-9(7)13;1-5(2,3)4/h1-4H;. The summed E-state index contributed by atoms with van der Waals surface area (Å²) in [5, 5.41) is 19.7. The molecule has 10 heteroatoms. The van der Waals surface area contributed by atoms with Crippen LogP contribution in [0.2, 0.25) is 0 Å². The van der Waals surface area contributed by atoms with Gasteiger partial charge in [0.15, 0.2) is 10.9 Å². The molecular formula is C9H4Cl2N2O5S. The Balaban J connectivity index is 0.000000312. The third kappa shape index (κ3) is 4.40. The summed E-state index contributed by atoms with van der Waals surface area (Å²) < 4.78 is 23.1. The number of hydrogen-bond donors (Lipinski definition) is 0. The third-order valence-electron chi connectivity index (χ3n) is 1.84. The van der Waals surface area contributed by atoms with Crippen LogP contribution in [-0.2, 0) is 8.26 Å². The normalized spacial score (nSPS) is 10.4. The maximum atomic E-state index is 11.5. The highest BCUT2D eigenvalue weighted by Crippen LogP contribution is 2.23. The largest absolute Gasteiger partial charge is 0.573 e. The number of hydrogen-bond acceptors (Lipinski definition) is 6. The van der Waals surface area contributed by atoms with Crippen molar-refractivity contribution >= 4 is 46.3 Å². The van der Waals surface area contributed by atoms with Gasteiger partial charge in [0.25, 0.3) is 5.43 Å². The van der Waals surface area contributed by atoms with E-state index in [-0.39, 0.29) is 11.0 Å². The molecule has 0 amide bonds. The molecule has 100 valence electrons. The molecule has 1 aromatic carbocycles. The zero-order valence-corrected chi connectivity index (χ0v) is 11.2. The van der Waals surface area contributed by atoms with Gasteiger partial charge in [-0.05, 0) is 12.1 Å². The Bertz CT molecular complexity index is 801. The predicted octanol–water partition coefficient (Wildman–Crippen LogP) is 2.06. The molecular weight excluding hydrogens is 319 g/mol. The third-order valence-corrected chi connectivity index (χ3v) is 1.84. The molecule has 2 aromatic rings. The summed E-state index contributed by atoms with van der Waals surface area (Å²) in [6, 6.07) is 6.26. The zero-order chi connectivity index (χ0) is 14.6. The minimum Gasteiger partial charge on any atom is -0.573 e. The van der Waals surface area contributed by atoms with Crippen LogP contribution in [0.15, 0.2) is 33.5 Å². The molecule has 0 spiro atoms. The van der Waals surface area contributed by atoms with Gasteiger partial charge in [0.1, 0.15) is 0 Å². The van der Waals surface area contributed by atoms with Crippen LogP contribution in [-0.4, -0.2) is 8.42 Å². The summed E-state index contributed by atoms with van der Waals surface area (Å²) in [7, 11) is 4.81. The van der Waals surface area contributed by atoms with Crippen molar-refractivity contribution in [3.8, 4) is 5.95 Å². The Labute approximate surface area is 115 Å². The van der Waals surface area contributed by atoms with Crippen molar-refractivity contribution in [2.24, 2.45) is 0 Å². The SMILES string of the molecule is N#[N+]c1c([O-])oc2ccccc2c1=O.O=S(=O)(Cl)Cl. The van der Waals surface area contributed by atoms with Crippen LogP contribution >= 0.6 is 21.4 Å². The molecule has 0 bridgehead atoms. The molecule has 0 aliphatic heterocycles. The lowest BCUT2D eigenvalue weighted by atomic mass is 10.2. The topological polar surface area (TPSA) is 116 Å². The molecule has 0 aliphatic carbocycles. The fraction of sp³-hybridized carbons (Fsp3) is 0. The van der Waals surface area contributed by atoms with E-state index in [1.165, 1.54) is 12.1 Å². The van der Waals surface area contributed by atoms with Crippen LogP contribution in [0, 0.1) is 5.39 Å². The average molecular weight is 323 g/mol. The van der Waals surface area contributed by atoms with Gasteiger partial charge >= 0.3 is 14.0 Å². The van der Waals surface area contributed by atoms with Crippen LogP contribution in [0.3, 0.4) is 0 Å². The first-order valence-corrected chi connectivity index (χ1v) is 7.59. The Morgan fingerprint density at radius 2 is 1.79 bits per heavy atom.